The van der Waals surface area contributed by atoms with Crippen LogP contribution in [0.5, 0.6) is 11.5 Å². The van der Waals surface area contributed by atoms with Crippen molar-refractivity contribution in [2.45, 2.75) is 45.6 Å². The summed E-state index contributed by atoms with van der Waals surface area (Å²) in [4.78, 5) is 4.42. The average molecular weight is 513 g/mol. The van der Waals surface area contributed by atoms with Crippen molar-refractivity contribution < 1.29 is 23.0 Å². The first-order valence-corrected chi connectivity index (χ1v) is 12.2. The molecule has 3 heterocycles. The van der Waals surface area contributed by atoms with Gasteiger partial charge in [0.15, 0.2) is 0 Å². The minimum absolute atomic E-state index is 0.0594. The Bertz CT molecular complexity index is 1270. The zero-order valence-electron chi connectivity index (χ0n) is 22.0. The molecule has 1 aromatic carbocycles. The van der Waals surface area contributed by atoms with E-state index in [0.717, 1.165) is 24.7 Å². The molecule has 7 nitrogen and oxygen atoms in total. The fourth-order valence-corrected chi connectivity index (χ4v) is 4.06. The van der Waals surface area contributed by atoms with E-state index in [-0.39, 0.29) is 5.75 Å². The highest BCUT2D eigenvalue weighted by atomic mass is 19.3. The summed E-state index contributed by atoms with van der Waals surface area (Å²) in [6.45, 7) is 8.72. The molecule has 0 bridgehead atoms. The first-order chi connectivity index (χ1) is 17.6. The van der Waals surface area contributed by atoms with Crippen LogP contribution in [0.25, 0.3) is 22.6 Å². The molecule has 0 spiro atoms. The number of imidazole rings is 1. The maximum Gasteiger partial charge on any atom is 0.387 e. The van der Waals surface area contributed by atoms with Crippen LogP contribution in [0.3, 0.4) is 0 Å². The second-order valence-corrected chi connectivity index (χ2v) is 9.32. The van der Waals surface area contributed by atoms with Gasteiger partial charge < -0.3 is 19.5 Å². The maximum atomic E-state index is 13.1. The molecule has 0 amide bonds. The van der Waals surface area contributed by atoms with Gasteiger partial charge >= 0.3 is 6.61 Å². The number of nitrogens with one attached hydrogen (secondary N) is 1. The van der Waals surface area contributed by atoms with E-state index in [9.17, 15) is 14.0 Å². The van der Waals surface area contributed by atoms with Crippen LogP contribution in [0.2, 0.25) is 0 Å². The van der Waals surface area contributed by atoms with Crippen molar-refractivity contribution in [3.8, 4) is 28.8 Å². The third-order valence-corrected chi connectivity index (χ3v) is 6.52. The Labute approximate surface area is 216 Å². The number of aromatic nitrogens is 2. The summed E-state index contributed by atoms with van der Waals surface area (Å²) in [6.07, 6.45) is 6.01. The third-order valence-electron chi connectivity index (χ3n) is 6.52. The van der Waals surface area contributed by atoms with Gasteiger partial charge in [-0.2, -0.15) is 14.0 Å². The van der Waals surface area contributed by atoms with Gasteiger partial charge in [0.1, 0.15) is 17.1 Å². The lowest BCUT2D eigenvalue weighted by Gasteiger charge is -2.18. The normalized spacial score (nSPS) is 15.2. The van der Waals surface area contributed by atoms with E-state index in [0.29, 0.717) is 33.9 Å². The number of alkyl halides is 2. The number of nitriles is 1. The topological polar surface area (TPSA) is 80.8 Å². The van der Waals surface area contributed by atoms with E-state index in [1.165, 1.54) is 26.0 Å². The largest absolute Gasteiger partial charge is 0.496 e. The number of methoxy groups -OCH3 is 1. The minimum Gasteiger partial charge on any atom is -0.496 e. The van der Waals surface area contributed by atoms with Gasteiger partial charge in [-0.05, 0) is 56.0 Å². The Morgan fingerprint density at radius 2 is 2.08 bits per heavy atom. The van der Waals surface area contributed by atoms with Crippen LogP contribution in [0.1, 0.15) is 44.7 Å². The molecule has 9 heteroatoms. The molecule has 3 aromatic rings. The monoisotopic (exact) mass is 512 g/mol. The third kappa shape index (κ3) is 6.38. The van der Waals surface area contributed by atoms with Crippen LogP contribution in [-0.2, 0) is 10.2 Å². The molecule has 0 saturated carbocycles. The fraction of sp³-hybridized carbons (Fsp3) is 0.429. The van der Waals surface area contributed by atoms with Crippen molar-refractivity contribution >= 4 is 11.3 Å². The second kappa shape index (κ2) is 12.1. The number of nitrogens with zero attached hydrogens (tertiary/aromatic N) is 3. The molecule has 0 aliphatic carbocycles. The van der Waals surface area contributed by atoms with Gasteiger partial charge in [-0.3, -0.25) is 4.40 Å². The maximum absolute atomic E-state index is 13.1. The fourth-order valence-electron chi connectivity index (χ4n) is 4.06. The Morgan fingerprint density at radius 1 is 1.35 bits per heavy atom. The van der Waals surface area contributed by atoms with Crippen molar-refractivity contribution in [3.63, 3.8) is 0 Å². The quantitative estimate of drug-likeness (QED) is 0.397. The van der Waals surface area contributed by atoms with Crippen LogP contribution in [0, 0.1) is 17.2 Å². The molecule has 198 valence electrons. The summed E-state index contributed by atoms with van der Waals surface area (Å²) in [7, 11) is 3.08. The van der Waals surface area contributed by atoms with E-state index < -0.39 is 12.0 Å². The Balaban J connectivity index is 0.000000468. The molecule has 1 N–H and O–H groups in total. The highest BCUT2D eigenvalue weighted by Gasteiger charge is 2.23. The standard InChI is InChI=1S/C22H22F2N4O2.C6H12O/c1-13(26-4)20-17(29-5)8-14(9-18(20)30-21(23)24)16-11-27-19-10-15(6-7-28(16)19)22(2,3)12-25;1-2-6-3-4-7-5-6/h6-11,21,26H,1H2,2-5H3;6H,2-5H2,1H3. The number of hydrogen-bond acceptors (Lipinski definition) is 6. The Hall–Kier alpha value is -3.64. The van der Waals surface area contributed by atoms with Gasteiger partial charge in [0, 0.05) is 37.7 Å². The summed E-state index contributed by atoms with van der Waals surface area (Å²) >= 11 is 0. The van der Waals surface area contributed by atoms with E-state index in [1.807, 2.05) is 30.4 Å². The highest BCUT2D eigenvalue weighted by Crippen LogP contribution is 2.39. The number of pyridine rings is 1. The zero-order chi connectivity index (χ0) is 27.2. The summed E-state index contributed by atoms with van der Waals surface area (Å²) in [5.74, 6) is 1.15. The number of benzene rings is 1. The molecule has 4 rings (SSSR count). The lowest BCUT2D eigenvalue weighted by Crippen LogP contribution is -2.14. The van der Waals surface area contributed by atoms with Crippen molar-refractivity contribution in [3.05, 3.63) is 54.4 Å². The average Bonchev–Trinajstić information content (AvgIpc) is 3.57. The van der Waals surface area contributed by atoms with Crippen molar-refractivity contribution in [2.24, 2.45) is 5.92 Å². The predicted molar refractivity (Wildman–Crippen MR) is 140 cm³/mol. The smallest absolute Gasteiger partial charge is 0.387 e. The van der Waals surface area contributed by atoms with Crippen molar-refractivity contribution in [1.82, 2.24) is 14.7 Å². The molecule has 37 heavy (non-hydrogen) atoms. The lowest BCUT2D eigenvalue weighted by atomic mass is 9.87. The molecule has 2 aromatic heterocycles. The molecular formula is C28H34F2N4O3. The first kappa shape index (κ1) is 27.9. The number of rotatable bonds is 8. The Kier molecular flexibility index (Phi) is 9.11. The first-order valence-electron chi connectivity index (χ1n) is 12.2. The Morgan fingerprint density at radius 3 is 2.62 bits per heavy atom. The number of ether oxygens (including phenoxy) is 3. The lowest BCUT2D eigenvalue weighted by molar-refractivity contribution is -0.0501. The van der Waals surface area contributed by atoms with Crippen LogP contribution in [0.4, 0.5) is 8.78 Å². The van der Waals surface area contributed by atoms with E-state index in [4.69, 9.17) is 14.2 Å². The van der Waals surface area contributed by atoms with Gasteiger partial charge in [0.25, 0.3) is 0 Å². The summed E-state index contributed by atoms with van der Waals surface area (Å²) < 4.78 is 43.3. The summed E-state index contributed by atoms with van der Waals surface area (Å²) in [6, 6.07) is 9.16. The molecule has 1 aliphatic heterocycles. The van der Waals surface area contributed by atoms with Crippen molar-refractivity contribution in [2.75, 3.05) is 27.4 Å². The molecule has 0 radical (unpaired) electrons. The molecular weight excluding hydrogens is 478 g/mol. The van der Waals surface area contributed by atoms with Crippen LogP contribution in [-0.4, -0.2) is 43.4 Å². The summed E-state index contributed by atoms with van der Waals surface area (Å²) in [5, 5.41) is 12.2. The van der Waals surface area contributed by atoms with Gasteiger partial charge in [0.05, 0.1) is 36.0 Å². The van der Waals surface area contributed by atoms with Gasteiger partial charge in [0.2, 0.25) is 0 Å². The van der Waals surface area contributed by atoms with E-state index >= 15 is 0 Å². The van der Waals surface area contributed by atoms with Crippen molar-refractivity contribution in [1.29, 1.82) is 5.26 Å². The molecule has 1 saturated heterocycles. The van der Waals surface area contributed by atoms with E-state index in [2.05, 4.69) is 29.9 Å². The minimum atomic E-state index is -3.01. The predicted octanol–water partition coefficient (Wildman–Crippen LogP) is 6.04. The van der Waals surface area contributed by atoms with Crippen LogP contribution >= 0.6 is 0 Å². The van der Waals surface area contributed by atoms with E-state index in [1.54, 1.807) is 25.5 Å². The zero-order valence-corrected chi connectivity index (χ0v) is 22.0. The van der Waals surface area contributed by atoms with Gasteiger partial charge in [-0.15, -0.1) is 0 Å². The molecule has 1 fully saturated rings. The van der Waals surface area contributed by atoms with Crippen LogP contribution in [0.15, 0.2) is 43.2 Å². The number of halogens is 2. The number of fused-ring (bicyclic) bond motifs is 1. The van der Waals surface area contributed by atoms with Crippen LogP contribution < -0.4 is 14.8 Å². The highest BCUT2D eigenvalue weighted by molar-refractivity contribution is 5.78. The summed E-state index contributed by atoms with van der Waals surface area (Å²) in [5.41, 5.74) is 2.73. The molecule has 1 atom stereocenters. The SMILES string of the molecule is C=C(NC)c1c(OC)cc(-c2cnc3cc(C(C)(C)C#N)ccn23)cc1OC(F)F.CCC1CCOC1. The van der Waals surface area contributed by atoms with Gasteiger partial charge in [-0.1, -0.05) is 19.9 Å². The van der Waals surface area contributed by atoms with Gasteiger partial charge in [-0.25, -0.2) is 4.98 Å². The molecule has 1 unspecified atom stereocenters. The second-order valence-electron chi connectivity index (χ2n) is 9.32. The molecule has 1 aliphatic rings. The number of hydrogen-bond donors (Lipinski definition) is 1.